The lowest BCUT2D eigenvalue weighted by Crippen LogP contribution is -2.49. The molecule has 1 N–H and O–H groups in total. The van der Waals surface area contributed by atoms with Gasteiger partial charge in [0.15, 0.2) is 5.82 Å². The van der Waals surface area contributed by atoms with Crippen LogP contribution in [0.4, 0.5) is 10.2 Å². The van der Waals surface area contributed by atoms with Crippen molar-refractivity contribution in [1.82, 2.24) is 25.5 Å². The van der Waals surface area contributed by atoms with Crippen molar-refractivity contribution in [3.63, 3.8) is 0 Å². The van der Waals surface area contributed by atoms with Crippen molar-refractivity contribution in [3.05, 3.63) is 65.5 Å². The zero-order chi connectivity index (χ0) is 21.7. The van der Waals surface area contributed by atoms with Crippen LogP contribution >= 0.6 is 0 Å². The largest absolute Gasteiger partial charge is 0.417 e. The van der Waals surface area contributed by atoms with Crippen molar-refractivity contribution in [3.8, 4) is 0 Å². The molecule has 10 heteroatoms. The average Bonchev–Trinajstić information content (AvgIpc) is 3.22. The monoisotopic (exact) mass is 422 g/mol. The highest BCUT2D eigenvalue weighted by molar-refractivity contribution is 6.02. The Balaban J connectivity index is 1.33. The lowest BCUT2D eigenvalue weighted by Gasteiger charge is -2.22. The summed E-state index contributed by atoms with van der Waals surface area (Å²) in [6.07, 6.45) is 3.42. The first kappa shape index (κ1) is 19.3. The molecule has 1 aliphatic carbocycles. The molecule has 1 fully saturated rings. The number of carbonyl (C=O) groups excluding carboxylic acids is 2. The zero-order valence-electron chi connectivity index (χ0n) is 16.8. The van der Waals surface area contributed by atoms with Crippen LogP contribution in [0, 0.1) is 17.7 Å². The van der Waals surface area contributed by atoms with Gasteiger partial charge in [-0.3, -0.25) is 19.5 Å². The van der Waals surface area contributed by atoms with E-state index in [9.17, 15) is 14.0 Å². The Bertz CT molecular complexity index is 1160. The molecular weight excluding hydrogens is 403 g/mol. The van der Waals surface area contributed by atoms with E-state index in [-0.39, 0.29) is 47.7 Å². The molecule has 1 aliphatic heterocycles. The zero-order valence-corrected chi connectivity index (χ0v) is 16.8. The summed E-state index contributed by atoms with van der Waals surface area (Å²) in [5.74, 6) is -0.578. The van der Waals surface area contributed by atoms with Crippen molar-refractivity contribution in [1.29, 1.82) is 0 Å². The van der Waals surface area contributed by atoms with Crippen LogP contribution in [0.2, 0.25) is 0 Å². The third-order valence-electron chi connectivity index (χ3n) is 5.98. The van der Waals surface area contributed by atoms with Gasteiger partial charge in [0.05, 0.1) is 12.1 Å². The number of nitrogens with zero attached hydrogens (tertiary/aromatic N) is 5. The number of halogens is 1. The van der Waals surface area contributed by atoms with E-state index < -0.39 is 11.9 Å². The van der Waals surface area contributed by atoms with Gasteiger partial charge in [-0.2, -0.15) is 0 Å². The van der Waals surface area contributed by atoms with Crippen LogP contribution in [0.1, 0.15) is 40.7 Å². The standard InChI is InChI=1S/C21H19FN6O3/c1-10-14-15(10)17(21(30)28(2)18-16(14)23-7-8-24-18)25-19(29)20-27-26-13(31-20)9-11-3-5-12(22)6-4-11/h3-8,10,14-15,17H,9H2,1-2H3,(H,25,29)/t10-,14+,15-,17-/m0/s1. The van der Waals surface area contributed by atoms with Crippen LogP contribution in [0.25, 0.3) is 0 Å². The molecule has 1 saturated carbocycles. The number of hydrogen-bond acceptors (Lipinski definition) is 7. The third-order valence-corrected chi connectivity index (χ3v) is 5.98. The number of amides is 2. The predicted molar refractivity (Wildman–Crippen MR) is 106 cm³/mol. The molecule has 0 radical (unpaired) electrons. The molecule has 0 saturated heterocycles. The van der Waals surface area contributed by atoms with Crippen molar-refractivity contribution in [2.75, 3.05) is 11.9 Å². The number of benzene rings is 1. The van der Waals surface area contributed by atoms with Gasteiger partial charge in [0, 0.05) is 31.3 Å². The quantitative estimate of drug-likeness (QED) is 0.681. The second kappa shape index (κ2) is 7.22. The molecular formula is C21H19FN6O3. The van der Waals surface area contributed by atoms with Crippen molar-refractivity contribution >= 4 is 17.6 Å². The molecule has 2 aliphatic rings. The van der Waals surface area contributed by atoms with Crippen molar-refractivity contribution < 1.29 is 18.4 Å². The van der Waals surface area contributed by atoms with Gasteiger partial charge in [0.1, 0.15) is 11.9 Å². The summed E-state index contributed by atoms with van der Waals surface area (Å²) < 4.78 is 18.5. The number of likely N-dealkylation sites (N-methyl/N-ethyl adjacent to an activating group) is 1. The summed E-state index contributed by atoms with van der Waals surface area (Å²) in [6, 6.07) is 5.13. The Morgan fingerprint density at radius 3 is 2.71 bits per heavy atom. The van der Waals surface area contributed by atoms with Crippen LogP contribution in [-0.4, -0.2) is 45.1 Å². The Kier molecular flexibility index (Phi) is 4.49. The number of aromatic nitrogens is 4. The number of rotatable bonds is 4. The topological polar surface area (TPSA) is 114 Å². The fourth-order valence-electron chi connectivity index (χ4n) is 4.30. The molecule has 5 rings (SSSR count). The Morgan fingerprint density at radius 1 is 1.19 bits per heavy atom. The van der Waals surface area contributed by atoms with Crippen LogP contribution in [-0.2, 0) is 11.2 Å². The van der Waals surface area contributed by atoms with Gasteiger partial charge in [0.25, 0.3) is 5.91 Å². The molecule has 3 aromatic rings. The normalized spacial score (nSPS) is 24.2. The highest BCUT2D eigenvalue weighted by Crippen LogP contribution is 2.58. The van der Waals surface area contributed by atoms with E-state index in [2.05, 4.69) is 25.5 Å². The summed E-state index contributed by atoms with van der Waals surface area (Å²) >= 11 is 0. The number of nitrogens with one attached hydrogen (secondary N) is 1. The first-order valence-electron chi connectivity index (χ1n) is 9.90. The fourth-order valence-corrected chi connectivity index (χ4v) is 4.30. The molecule has 0 unspecified atom stereocenters. The lowest BCUT2D eigenvalue weighted by atomic mass is 10.1. The third kappa shape index (κ3) is 3.33. The lowest BCUT2D eigenvalue weighted by molar-refractivity contribution is -0.120. The minimum atomic E-state index is -0.749. The summed E-state index contributed by atoms with van der Waals surface area (Å²) in [4.78, 5) is 36.0. The summed E-state index contributed by atoms with van der Waals surface area (Å²) in [5.41, 5.74) is 1.54. The Labute approximate surface area is 176 Å². The summed E-state index contributed by atoms with van der Waals surface area (Å²) in [5, 5.41) is 10.5. The van der Waals surface area contributed by atoms with Gasteiger partial charge in [0.2, 0.25) is 5.89 Å². The molecule has 0 spiro atoms. The fraction of sp³-hybridized carbons (Fsp3) is 0.333. The SMILES string of the molecule is C[C@H]1[C@H]2c3nccnc3N(C)C(=O)[C@@H](NC(=O)c3nnc(Cc4ccc(F)cc4)o3)[C@@H]12. The molecule has 2 amide bonds. The molecule has 2 aromatic heterocycles. The highest BCUT2D eigenvalue weighted by Gasteiger charge is 2.59. The first-order valence-corrected chi connectivity index (χ1v) is 9.90. The van der Waals surface area contributed by atoms with Crippen LogP contribution < -0.4 is 10.2 Å². The molecule has 3 heterocycles. The second-order valence-corrected chi connectivity index (χ2v) is 7.88. The van der Waals surface area contributed by atoms with E-state index in [0.717, 1.165) is 11.3 Å². The van der Waals surface area contributed by atoms with Crippen molar-refractivity contribution in [2.24, 2.45) is 11.8 Å². The maximum absolute atomic E-state index is 13.1. The van der Waals surface area contributed by atoms with Crippen LogP contribution in [0.3, 0.4) is 0 Å². The van der Waals surface area contributed by atoms with Gasteiger partial charge in [-0.1, -0.05) is 19.1 Å². The molecule has 31 heavy (non-hydrogen) atoms. The van der Waals surface area contributed by atoms with Gasteiger partial charge in [-0.15, -0.1) is 10.2 Å². The molecule has 158 valence electrons. The summed E-state index contributed by atoms with van der Waals surface area (Å²) in [6.45, 7) is 2.03. The maximum Gasteiger partial charge on any atom is 0.309 e. The van der Waals surface area contributed by atoms with E-state index in [1.54, 1.807) is 31.6 Å². The average molecular weight is 422 g/mol. The Morgan fingerprint density at radius 2 is 1.94 bits per heavy atom. The number of anilines is 1. The first-order chi connectivity index (χ1) is 14.9. The van der Waals surface area contributed by atoms with Crippen LogP contribution in [0.15, 0.2) is 41.1 Å². The summed E-state index contributed by atoms with van der Waals surface area (Å²) in [7, 11) is 1.62. The van der Waals surface area contributed by atoms with E-state index >= 15 is 0 Å². The van der Waals surface area contributed by atoms with E-state index in [0.29, 0.717) is 5.82 Å². The van der Waals surface area contributed by atoms with Gasteiger partial charge in [-0.05, 0) is 23.6 Å². The minimum Gasteiger partial charge on any atom is -0.417 e. The molecule has 9 nitrogen and oxygen atoms in total. The minimum absolute atomic E-state index is 0.0413. The van der Waals surface area contributed by atoms with E-state index in [1.807, 2.05) is 6.92 Å². The predicted octanol–water partition coefficient (Wildman–Crippen LogP) is 1.71. The van der Waals surface area contributed by atoms with E-state index in [4.69, 9.17) is 4.42 Å². The number of hydrogen-bond donors (Lipinski definition) is 1. The number of carbonyl (C=O) groups is 2. The van der Waals surface area contributed by atoms with Crippen LogP contribution in [0.5, 0.6) is 0 Å². The molecule has 1 aromatic carbocycles. The molecule has 0 bridgehead atoms. The van der Waals surface area contributed by atoms with Gasteiger partial charge in [-0.25, -0.2) is 9.37 Å². The Hall–Kier alpha value is -3.69. The highest BCUT2D eigenvalue weighted by atomic mass is 19.1. The second-order valence-electron chi connectivity index (χ2n) is 7.88. The maximum atomic E-state index is 13.1. The smallest absolute Gasteiger partial charge is 0.309 e. The van der Waals surface area contributed by atoms with Gasteiger partial charge < -0.3 is 9.73 Å². The number of fused-ring (bicyclic) bond motifs is 3. The van der Waals surface area contributed by atoms with Gasteiger partial charge >= 0.3 is 11.8 Å². The van der Waals surface area contributed by atoms with Crippen molar-refractivity contribution in [2.45, 2.75) is 25.3 Å². The van der Waals surface area contributed by atoms with E-state index in [1.165, 1.54) is 17.0 Å². The molecule has 4 atom stereocenters.